The van der Waals surface area contributed by atoms with Gasteiger partial charge in [0.15, 0.2) is 0 Å². The zero-order valence-corrected chi connectivity index (χ0v) is 17.4. The van der Waals surface area contributed by atoms with E-state index >= 15 is 0 Å². The summed E-state index contributed by atoms with van der Waals surface area (Å²) in [6, 6.07) is 15.0. The monoisotopic (exact) mass is 473 g/mol. The van der Waals surface area contributed by atoms with Gasteiger partial charge < -0.3 is 10.0 Å². The first-order valence-corrected chi connectivity index (χ1v) is 11.0. The van der Waals surface area contributed by atoms with Gasteiger partial charge in [-0.2, -0.15) is 0 Å². The lowest BCUT2D eigenvalue weighted by Crippen LogP contribution is -2.17. The van der Waals surface area contributed by atoms with Crippen LogP contribution in [-0.2, 0) is 23.1 Å². The highest BCUT2D eigenvalue weighted by Gasteiger charge is 2.26. The summed E-state index contributed by atoms with van der Waals surface area (Å²) < 4.78 is 28.9. The van der Waals surface area contributed by atoms with E-state index in [4.69, 9.17) is 0 Å². The number of halogens is 1. The summed E-state index contributed by atoms with van der Waals surface area (Å²) in [4.78, 5) is 17.5. The lowest BCUT2D eigenvalue weighted by Gasteiger charge is -2.16. The predicted octanol–water partition coefficient (Wildman–Crippen LogP) is 3.86. The van der Waals surface area contributed by atoms with E-state index < -0.39 is 16.0 Å². The number of sulfonamides is 1. The predicted molar refractivity (Wildman–Crippen MR) is 112 cm³/mol. The van der Waals surface area contributed by atoms with Gasteiger partial charge in [-0.15, -0.1) is 0 Å². The first kappa shape index (κ1) is 19.4. The van der Waals surface area contributed by atoms with Gasteiger partial charge in [-0.05, 0) is 57.9 Å². The van der Waals surface area contributed by atoms with Crippen molar-refractivity contribution < 1.29 is 18.3 Å². The molecular weight excluding hydrogens is 458 g/mol. The van der Waals surface area contributed by atoms with E-state index in [9.17, 15) is 18.3 Å². The second kappa shape index (κ2) is 7.49. The van der Waals surface area contributed by atoms with Crippen LogP contribution in [0.5, 0.6) is 0 Å². The van der Waals surface area contributed by atoms with Crippen molar-refractivity contribution >= 4 is 43.4 Å². The van der Waals surface area contributed by atoms with E-state index in [2.05, 4.69) is 30.5 Å². The van der Waals surface area contributed by atoms with Crippen molar-refractivity contribution in [2.45, 2.75) is 18.0 Å². The van der Waals surface area contributed by atoms with Crippen LogP contribution in [0.4, 0.5) is 11.5 Å². The first-order chi connectivity index (χ1) is 13.8. The van der Waals surface area contributed by atoms with E-state index in [0.717, 1.165) is 23.0 Å². The Morgan fingerprint density at radius 3 is 2.66 bits per heavy atom. The minimum absolute atomic E-state index is 0.104. The molecule has 0 radical (unpaired) electrons. The number of carboxylic acid groups (broad SMARTS) is 1. The van der Waals surface area contributed by atoms with Gasteiger partial charge in [-0.3, -0.25) is 4.72 Å². The van der Waals surface area contributed by atoms with E-state index in [1.54, 1.807) is 18.3 Å². The topological polar surface area (TPSA) is 99.6 Å². The number of hydrogen-bond donors (Lipinski definition) is 2. The number of fused-ring (bicyclic) bond motifs is 1. The second-order valence-corrected chi connectivity index (χ2v) is 9.05. The van der Waals surface area contributed by atoms with Crippen molar-refractivity contribution in [3.05, 3.63) is 82.0 Å². The molecule has 3 aromatic rings. The molecule has 0 bridgehead atoms. The third kappa shape index (κ3) is 3.83. The molecule has 2 heterocycles. The molecule has 0 aliphatic carbocycles. The number of rotatable bonds is 5. The summed E-state index contributed by atoms with van der Waals surface area (Å²) >= 11 is 3.20. The highest BCUT2D eigenvalue weighted by Crippen LogP contribution is 2.34. The van der Waals surface area contributed by atoms with E-state index in [0.29, 0.717) is 18.8 Å². The van der Waals surface area contributed by atoms with Crippen LogP contribution in [0, 0.1) is 0 Å². The van der Waals surface area contributed by atoms with Gasteiger partial charge in [-0.25, -0.2) is 18.2 Å². The summed E-state index contributed by atoms with van der Waals surface area (Å²) in [6.45, 7) is 1.14. The summed E-state index contributed by atoms with van der Waals surface area (Å²) in [5.41, 5.74) is 2.24. The van der Waals surface area contributed by atoms with Gasteiger partial charge >= 0.3 is 5.97 Å². The highest BCUT2D eigenvalue weighted by molar-refractivity contribution is 9.10. The Labute approximate surface area is 176 Å². The Morgan fingerprint density at radius 1 is 1.10 bits per heavy atom. The molecule has 9 heteroatoms. The molecule has 0 spiro atoms. The molecule has 7 nitrogen and oxygen atoms in total. The second-order valence-electron chi connectivity index (χ2n) is 6.54. The molecule has 2 aromatic carbocycles. The van der Waals surface area contributed by atoms with E-state index in [1.807, 2.05) is 24.3 Å². The fourth-order valence-electron chi connectivity index (χ4n) is 3.26. The molecule has 2 N–H and O–H groups in total. The minimum atomic E-state index is -4.00. The molecule has 1 aromatic heterocycles. The molecule has 0 saturated carbocycles. The van der Waals surface area contributed by atoms with Crippen LogP contribution < -0.4 is 9.62 Å². The first-order valence-electron chi connectivity index (χ1n) is 8.67. The number of aromatic nitrogens is 1. The van der Waals surface area contributed by atoms with E-state index in [1.165, 1.54) is 12.1 Å². The van der Waals surface area contributed by atoms with Crippen molar-refractivity contribution in [3.8, 4) is 0 Å². The fourth-order valence-corrected chi connectivity index (χ4v) is 5.35. The number of carbonyl (C=O) groups is 1. The third-order valence-corrected chi connectivity index (χ3v) is 7.03. The van der Waals surface area contributed by atoms with Crippen molar-refractivity contribution in [1.29, 1.82) is 0 Å². The quantitative estimate of drug-likeness (QED) is 0.583. The molecule has 0 atom stereocenters. The highest BCUT2D eigenvalue weighted by atomic mass is 79.9. The van der Waals surface area contributed by atoms with E-state index in [-0.39, 0.29) is 14.9 Å². The van der Waals surface area contributed by atoms with Gasteiger partial charge in [0.25, 0.3) is 10.0 Å². The van der Waals surface area contributed by atoms with Gasteiger partial charge in [-0.1, -0.05) is 18.2 Å². The maximum absolute atomic E-state index is 13.0. The van der Waals surface area contributed by atoms with Crippen LogP contribution >= 0.6 is 15.9 Å². The summed E-state index contributed by atoms with van der Waals surface area (Å²) in [7, 11) is -4.00. The Balaban J connectivity index is 1.66. The largest absolute Gasteiger partial charge is 0.478 e. The Hall–Kier alpha value is -2.91. The number of hydrogen-bond acceptors (Lipinski definition) is 5. The number of anilines is 2. The van der Waals surface area contributed by atoms with Crippen LogP contribution in [0.3, 0.4) is 0 Å². The smallest absolute Gasteiger partial charge is 0.335 e. The number of pyridine rings is 1. The van der Waals surface area contributed by atoms with Gasteiger partial charge in [0.1, 0.15) is 10.7 Å². The fraction of sp³-hybridized carbons (Fsp3) is 0.100. The summed E-state index contributed by atoms with van der Waals surface area (Å²) in [5.74, 6) is -0.380. The zero-order valence-electron chi connectivity index (χ0n) is 15.0. The minimum Gasteiger partial charge on any atom is -0.478 e. The summed E-state index contributed by atoms with van der Waals surface area (Å²) in [5, 5.41) is 9.18. The van der Waals surface area contributed by atoms with Gasteiger partial charge in [0.05, 0.1) is 11.3 Å². The van der Waals surface area contributed by atoms with Crippen LogP contribution in [0.2, 0.25) is 0 Å². The molecular formula is C20H16BrN3O4S. The van der Waals surface area contributed by atoms with Crippen molar-refractivity contribution in [2.24, 2.45) is 0 Å². The molecule has 0 saturated heterocycles. The molecule has 148 valence electrons. The number of carboxylic acids is 1. The lowest BCUT2D eigenvalue weighted by atomic mass is 10.1. The Kier molecular flexibility index (Phi) is 5.01. The lowest BCUT2D eigenvalue weighted by molar-refractivity contribution is 0.0696. The molecule has 1 aliphatic rings. The number of aromatic carboxylic acids is 1. The number of benzene rings is 2. The zero-order chi connectivity index (χ0) is 20.6. The Morgan fingerprint density at radius 2 is 1.93 bits per heavy atom. The SMILES string of the molecule is O=C(O)c1ccc(Br)c(S(=O)(=O)Nc2cccc3c2CN(c2ccccn2)C3)c1. The maximum atomic E-state index is 13.0. The standard InChI is InChI=1S/C20H16BrN3O4S/c21-16-8-7-13(20(25)26)10-18(16)29(27,28)23-17-5-3-4-14-11-24(12-15(14)17)19-6-1-2-9-22-19/h1-10,23H,11-12H2,(H,25,26). The Bertz CT molecular complexity index is 1200. The van der Waals surface area contributed by atoms with Crippen molar-refractivity contribution in [2.75, 3.05) is 9.62 Å². The normalized spacial score (nSPS) is 13.2. The molecule has 0 fully saturated rings. The average Bonchev–Trinajstić information content (AvgIpc) is 3.14. The van der Waals surface area contributed by atoms with Crippen molar-refractivity contribution in [1.82, 2.24) is 4.98 Å². The molecule has 29 heavy (non-hydrogen) atoms. The third-order valence-electron chi connectivity index (χ3n) is 4.67. The summed E-state index contributed by atoms with van der Waals surface area (Å²) in [6.07, 6.45) is 1.72. The molecule has 1 aliphatic heterocycles. The maximum Gasteiger partial charge on any atom is 0.335 e. The molecule has 0 unspecified atom stereocenters. The number of nitrogens with one attached hydrogen (secondary N) is 1. The van der Waals surface area contributed by atoms with Crippen molar-refractivity contribution in [3.63, 3.8) is 0 Å². The molecule has 0 amide bonds. The average molecular weight is 474 g/mol. The number of nitrogens with zero attached hydrogens (tertiary/aromatic N) is 2. The van der Waals surface area contributed by atoms with Gasteiger partial charge in [0, 0.05) is 29.3 Å². The van der Waals surface area contributed by atoms with Crippen LogP contribution in [0.25, 0.3) is 0 Å². The van der Waals surface area contributed by atoms with Crippen LogP contribution in [0.15, 0.2) is 70.2 Å². The molecule has 4 rings (SSSR count). The van der Waals surface area contributed by atoms with Crippen LogP contribution in [-0.4, -0.2) is 24.5 Å². The van der Waals surface area contributed by atoms with Crippen LogP contribution in [0.1, 0.15) is 21.5 Å². The van der Waals surface area contributed by atoms with Gasteiger partial charge in [0.2, 0.25) is 0 Å².